The summed E-state index contributed by atoms with van der Waals surface area (Å²) in [5.74, 6) is -0.920. The van der Waals surface area contributed by atoms with Crippen LogP contribution >= 0.6 is 0 Å². The summed E-state index contributed by atoms with van der Waals surface area (Å²) >= 11 is 0. The van der Waals surface area contributed by atoms with Crippen LogP contribution in [0.15, 0.2) is 35.1 Å². The van der Waals surface area contributed by atoms with Crippen molar-refractivity contribution in [3.05, 3.63) is 47.9 Å². The number of hydrogen-bond donors (Lipinski definition) is 1. The maximum absolute atomic E-state index is 13.2. The molecule has 82 valence electrons. The molecule has 1 aromatic heterocycles. The monoisotopic (exact) mass is 220 g/mol. The van der Waals surface area contributed by atoms with Crippen molar-refractivity contribution < 1.29 is 13.6 Å². The van der Waals surface area contributed by atoms with Gasteiger partial charge in [0, 0.05) is 0 Å². The smallest absolute Gasteiger partial charge is 0.293 e. The minimum atomic E-state index is -0.514. The van der Waals surface area contributed by atoms with Crippen LogP contribution in [0.4, 0.5) is 10.1 Å². The van der Waals surface area contributed by atoms with E-state index < -0.39 is 11.7 Å². The van der Waals surface area contributed by atoms with E-state index in [9.17, 15) is 9.18 Å². The fourth-order valence-corrected chi connectivity index (χ4v) is 1.26. The third kappa shape index (κ3) is 1.93. The number of amides is 1. The van der Waals surface area contributed by atoms with Gasteiger partial charge in [0.25, 0.3) is 5.91 Å². The lowest BCUT2D eigenvalue weighted by molar-refractivity contribution is 0.0995. The Morgan fingerprint density at radius 1 is 1.44 bits per heavy atom. The lowest BCUT2D eigenvalue weighted by Gasteiger charge is -2.03. The van der Waals surface area contributed by atoms with Crippen LogP contribution in [0, 0.1) is 12.7 Å². The summed E-state index contributed by atoms with van der Waals surface area (Å²) in [7, 11) is 0. The van der Waals surface area contributed by atoms with Crippen LogP contribution in [-0.4, -0.2) is 10.9 Å². The number of halogens is 1. The third-order valence-electron chi connectivity index (χ3n) is 2.07. The molecular formula is C11H9FN2O2. The largest absolute Gasteiger partial charge is 0.438 e. The predicted molar refractivity (Wildman–Crippen MR) is 55.6 cm³/mol. The topological polar surface area (TPSA) is 55.1 Å². The normalized spacial score (nSPS) is 10.1. The first-order chi connectivity index (χ1) is 7.68. The van der Waals surface area contributed by atoms with Gasteiger partial charge in [0.1, 0.15) is 5.82 Å². The summed E-state index contributed by atoms with van der Waals surface area (Å²) in [5, 5.41) is 2.41. The summed E-state index contributed by atoms with van der Waals surface area (Å²) in [6.07, 6.45) is 1.17. The molecule has 0 unspecified atom stereocenters. The molecule has 0 spiro atoms. The molecule has 0 saturated heterocycles. The standard InChI is InChI=1S/C11H9FN2O2/c1-7-10(16-6-13-7)11(15)14-9-5-3-2-4-8(9)12/h2-6H,1H3,(H,14,15). The van der Waals surface area contributed by atoms with Crippen molar-refractivity contribution in [2.45, 2.75) is 6.92 Å². The summed E-state index contributed by atoms with van der Waals surface area (Å²) in [6, 6.07) is 5.92. The molecule has 0 aliphatic carbocycles. The highest BCUT2D eigenvalue weighted by molar-refractivity contribution is 6.02. The average molecular weight is 220 g/mol. The highest BCUT2D eigenvalue weighted by Gasteiger charge is 2.15. The molecule has 1 amide bonds. The molecule has 1 heterocycles. The van der Waals surface area contributed by atoms with Gasteiger partial charge in [-0.1, -0.05) is 12.1 Å². The highest BCUT2D eigenvalue weighted by atomic mass is 19.1. The Balaban J connectivity index is 2.21. The van der Waals surface area contributed by atoms with Crippen molar-refractivity contribution >= 4 is 11.6 Å². The number of aryl methyl sites for hydroxylation is 1. The predicted octanol–water partition coefficient (Wildman–Crippen LogP) is 2.37. The number of nitrogens with zero attached hydrogens (tertiary/aromatic N) is 1. The molecule has 16 heavy (non-hydrogen) atoms. The van der Waals surface area contributed by atoms with Crippen LogP contribution in [0.2, 0.25) is 0 Å². The van der Waals surface area contributed by atoms with Gasteiger partial charge in [-0.25, -0.2) is 9.37 Å². The first kappa shape index (κ1) is 10.4. The van der Waals surface area contributed by atoms with Crippen molar-refractivity contribution in [2.75, 3.05) is 5.32 Å². The minimum absolute atomic E-state index is 0.0863. The molecule has 2 rings (SSSR count). The van der Waals surface area contributed by atoms with Gasteiger partial charge in [-0.3, -0.25) is 4.79 Å². The molecule has 2 aromatic rings. The third-order valence-corrected chi connectivity index (χ3v) is 2.07. The zero-order valence-corrected chi connectivity index (χ0v) is 8.53. The Bertz CT molecular complexity index is 522. The van der Waals surface area contributed by atoms with Gasteiger partial charge < -0.3 is 9.73 Å². The average Bonchev–Trinajstić information content (AvgIpc) is 2.68. The van der Waals surface area contributed by atoms with Crippen molar-refractivity contribution in [3.8, 4) is 0 Å². The van der Waals surface area contributed by atoms with E-state index in [1.807, 2.05) is 0 Å². The highest BCUT2D eigenvalue weighted by Crippen LogP contribution is 2.14. The molecule has 0 aliphatic rings. The lowest BCUT2D eigenvalue weighted by atomic mass is 10.3. The fraction of sp³-hybridized carbons (Fsp3) is 0.0909. The Morgan fingerprint density at radius 3 is 2.81 bits per heavy atom. The van der Waals surface area contributed by atoms with E-state index in [1.165, 1.54) is 18.5 Å². The first-order valence-electron chi connectivity index (χ1n) is 4.64. The van der Waals surface area contributed by atoms with Crippen LogP contribution in [0.25, 0.3) is 0 Å². The number of para-hydroxylation sites is 1. The van der Waals surface area contributed by atoms with Gasteiger partial charge in [0.05, 0.1) is 11.4 Å². The lowest BCUT2D eigenvalue weighted by Crippen LogP contribution is -2.13. The number of oxazole rings is 1. The van der Waals surface area contributed by atoms with E-state index >= 15 is 0 Å². The number of aromatic nitrogens is 1. The number of nitrogens with one attached hydrogen (secondary N) is 1. The summed E-state index contributed by atoms with van der Waals surface area (Å²) in [6.45, 7) is 1.64. The van der Waals surface area contributed by atoms with Crippen LogP contribution in [0.3, 0.4) is 0 Å². The molecule has 5 heteroatoms. The van der Waals surface area contributed by atoms with E-state index in [1.54, 1.807) is 19.1 Å². The number of anilines is 1. The number of rotatable bonds is 2. The van der Waals surface area contributed by atoms with Gasteiger partial charge in [-0.2, -0.15) is 0 Å². The number of carbonyl (C=O) groups excluding carboxylic acids is 1. The second-order valence-electron chi connectivity index (χ2n) is 3.20. The second kappa shape index (κ2) is 4.14. The van der Waals surface area contributed by atoms with Crippen LogP contribution in [0.1, 0.15) is 16.2 Å². The fourth-order valence-electron chi connectivity index (χ4n) is 1.26. The van der Waals surface area contributed by atoms with Crippen molar-refractivity contribution in [1.82, 2.24) is 4.98 Å². The van der Waals surface area contributed by atoms with E-state index in [2.05, 4.69) is 10.3 Å². The Kier molecular flexibility index (Phi) is 2.68. The van der Waals surface area contributed by atoms with Crippen LogP contribution in [0.5, 0.6) is 0 Å². The van der Waals surface area contributed by atoms with Gasteiger partial charge in [-0.05, 0) is 19.1 Å². The minimum Gasteiger partial charge on any atom is -0.438 e. The van der Waals surface area contributed by atoms with Gasteiger partial charge in [-0.15, -0.1) is 0 Å². The number of carbonyl (C=O) groups is 1. The van der Waals surface area contributed by atoms with E-state index in [4.69, 9.17) is 4.42 Å². The molecule has 0 atom stereocenters. The second-order valence-corrected chi connectivity index (χ2v) is 3.20. The quantitative estimate of drug-likeness (QED) is 0.845. The molecule has 0 saturated carbocycles. The van der Waals surface area contributed by atoms with Crippen molar-refractivity contribution in [2.24, 2.45) is 0 Å². The Labute approximate surface area is 91.1 Å². The number of benzene rings is 1. The Hall–Kier alpha value is -2.17. The van der Waals surface area contributed by atoms with Crippen molar-refractivity contribution in [1.29, 1.82) is 0 Å². The number of hydrogen-bond acceptors (Lipinski definition) is 3. The van der Waals surface area contributed by atoms with Crippen molar-refractivity contribution in [3.63, 3.8) is 0 Å². The summed E-state index contributed by atoms with van der Waals surface area (Å²) in [4.78, 5) is 15.4. The molecule has 1 N–H and O–H groups in total. The van der Waals surface area contributed by atoms with Gasteiger partial charge in [0.15, 0.2) is 6.39 Å². The molecule has 0 bridgehead atoms. The summed E-state index contributed by atoms with van der Waals surface area (Å²) in [5.41, 5.74) is 0.581. The van der Waals surface area contributed by atoms with E-state index in [-0.39, 0.29) is 11.4 Å². The van der Waals surface area contributed by atoms with Gasteiger partial charge >= 0.3 is 0 Å². The maximum Gasteiger partial charge on any atom is 0.293 e. The molecule has 1 aromatic carbocycles. The van der Waals surface area contributed by atoms with Gasteiger partial charge in [0.2, 0.25) is 5.76 Å². The zero-order chi connectivity index (χ0) is 11.5. The SMILES string of the molecule is Cc1ncoc1C(=O)Nc1ccccc1F. The maximum atomic E-state index is 13.2. The molecule has 0 aliphatic heterocycles. The van der Waals surface area contributed by atoms with E-state index in [0.29, 0.717) is 5.69 Å². The Morgan fingerprint density at radius 2 is 2.19 bits per heavy atom. The molecule has 0 radical (unpaired) electrons. The van der Waals surface area contributed by atoms with E-state index in [0.717, 1.165) is 0 Å². The molecule has 4 nitrogen and oxygen atoms in total. The molecular weight excluding hydrogens is 211 g/mol. The van der Waals surface area contributed by atoms with Crippen LogP contribution < -0.4 is 5.32 Å². The molecule has 0 fully saturated rings. The zero-order valence-electron chi connectivity index (χ0n) is 8.53. The first-order valence-corrected chi connectivity index (χ1v) is 4.64. The van der Waals surface area contributed by atoms with Crippen LogP contribution in [-0.2, 0) is 0 Å². The summed E-state index contributed by atoms with van der Waals surface area (Å²) < 4.78 is 18.1.